The Hall–Kier alpha value is -3.48. The number of pyridine rings is 1. The number of hydrogen-bond donors (Lipinski definition) is 1. The van der Waals surface area contributed by atoms with Gasteiger partial charge in [0.25, 0.3) is 0 Å². The first kappa shape index (κ1) is 18.9. The zero-order valence-electron chi connectivity index (χ0n) is 16.1. The van der Waals surface area contributed by atoms with E-state index in [-0.39, 0.29) is 17.7 Å². The number of fused-ring (bicyclic) bond motifs is 1. The lowest BCUT2D eigenvalue weighted by Crippen LogP contribution is -2.42. The van der Waals surface area contributed by atoms with Crippen LogP contribution in [0.3, 0.4) is 0 Å². The molecule has 0 bridgehead atoms. The average molecular weight is 389 g/mol. The van der Waals surface area contributed by atoms with Crippen molar-refractivity contribution in [1.82, 2.24) is 24.8 Å². The number of carbonyl (C=O) groups is 2. The molecule has 1 aliphatic heterocycles. The van der Waals surface area contributed by atoms with E-state index in [9.17, 15) is 9.59 Å². The van der Waals surface area contributed by atoms with Crippen molar-refractivity contribution >= 4 is 23.5 Å². The first-order valence-corrected chi connectivity index (χ1v) is 9.79. The minimum absolute atomic E-state index is 0.00427. The quantitative estimate of drug-likeness (QED) is 0.679. The van der Waals surface area contributed by atoms with Crippen LogP contribution in [0.4, 0.5) is 0 Å². The Morgan fingerprint density at radius 3 is 2.59 bits per heavy atom. The summed E-state index contributed by atoms with van der Waals surface area (Å²) in [4.78, 5) is 26.7. The van der Waals surface area contributed by atoms with Gasteiger partial charge in [-0.25, -0.2) is 0 Å². The van der Waals surface area contributed by atoms with Gasteiger partial charge in [-0.3, -0.25) is 14.0 Å². The molecule has 0 atom stereocenters. The molecule has 0 spiro atoms. The monoisotopic (exact) mass is 389 g/mol. The summed E-state index contributed by atoms with van der Waals surface area (Å²) in [7, 11) is 0. The van der Waals surface area contributed by atoms with E-state index in [1.54, 1.807) is 11.0 Å². The summed E-state index contributed by atoms with van der Waals surface area (Å²) < 4.78 is 1.86. The second-order valence-electron chi connectivity index (χ2n) is 7.11. The molecule has 3 aromatic rings. The third-order valence-corrected chi connectivity index (χ3v) is 5.20. The molecule has 0 saturated carbocycles. The lowest BCUT2D eigenvalue weighted by molar-refractivity contribution is -0.132. The van der Waals surface area contributed by atoms with Crippen molar-refractivity contribution in [3.05, 3.63) is 72.2 Å². The molecule has 1 fully saturated rings. The highest BCUT2D eigenvalue weighted by molar-refractivity contribution is 5.92. The average Bonchev–Trinajstić information content (AvgIpc) is 3.20. The number of aromatic nitrogens is 3. The van der Waals surface area contributed by atoms with Crippen LogP contribution in [0.15, 0.2) is 60.8 Å². The van der Waals surface area contributed by atoms with Crippen molar-refractivity contribution in [2.75, 3.05) is 13.1 Å². The number of hydrogen-bond acceptors (Lipinski definition) is 4. The van der Waals surface area contributed by atoms with Gasteiger partial charge in [0.2, 0.25) is 11.8 Å². The molecule has 2 aromatic heterocycles. The van der Waals surface area contributed by atoms with Crippen LogP contribution in [-0.4, -0.2) is 44.4 Å². The van der Waals surface area contributed by atoms with Gasteiger partial charge < -0.3 is 10.2 Å². The van der Waals surface area contributed by atoms with E-state index < -0.39 is 0 Å². The van der Waals surface area contributed by atoms with E-state index in [0.29, 0.717) is 38.3 Å². The highest BCUT2D eigenvalue weighted by Crippen LogP contribution is 2.18. The Labute approximate surface area is 169 Å². The topological polar surface area (TPSA) is 79.6 Å². The Kier molecular flexibility index (Phi) is 5.65. The lowest BCUT2D eigenvalue weighted by atomic mass is 9.96. The van der Waals surface area contributed by atoms with E-state index in [4.69, 9.17) is 0 Å². The molecule has 3 heterocycles. The molecule has 1 N–H and O–H groups in total. The fraction of sp³-hybridized carbons (Fsp3) is 0.273. The molecule has 1 saturated heterocycles. The number of benzene rings is 1. The zero-order chi connectivity index (χ0) is 20.1. The summed E-state index contributed by atoms with van der Waals surface area (Å²) in [6.07, 6.45) is 6.63. The smallest absolute Gasteiger partial charge is 0.246 e. The summed E-state index contributed by atoms with van der Waals surface area (Å²) >= 11 is 0. The fourth-order valence-electron chi connectivity index (χ4n) is 3.52. The molecule has 0 radical (unpaired) electrons. The van der Waals surface area contributed by atoms with Gasteiger partial charge in [0, 0.05) is 31.3 Å². The molecule has 0 unspecified atom stereocenters. The maximum absolute atomic E-state index is 12.5. The number of nitrogens with one attached hydrogen (secondary N) is 1. The van der Waals surface area contributed by atoms with E-state index >= 15 is 0 Å². The summed E-state index contributed by atoms with van der Waals surface area (Å²) in [5.74, 6) is 0.608. The van der Waals surface area contributed by atoms with Crippen LogP contribution < -0.4 is 5.32 Å². The lowest BCUT2D eigenvalue weighted by Gasteiger charge is -2.30. The number of likely N-dealkylation sites (tertiary alicyclic amines) is 1. The molecular formula is C22H23N5O2. The van der Waals surface area contributed by atoms with Crippen LogP contribution in [0.5, 0.6) is 0 Å². The van der Waals surface area contributed by atoms with Crippen molar-refractivity contribution < 1.29 is 9.59 Å². The highest BCUT2D eigenvalue weighted by atomic mass is 16.2. The van der Waals surface area contributed by atoms with Crippen molar-refractivity contribution in [3.63, 3.8) is 0 Å². The molecule has 4 rings (SSSR count). The van der Waals surface area contributed by atoms with Crippen molar-refractivity contribution in [1.29, 1.82) is 0 Å². The predicted octanol–water partition coefficient (Wildman–Crippen LogP) is 2.30. The van der Waals surface area contributed by atoms with Gasteiger partial charge in [-0.2, -0.15) is 0 Å². The van der Waals surface area contributed by atoms with Crippen LogP contribution in [0.1, 0.15) is 24.2 Å². The number of rotatable bonds is 5. The van der Waals surface area contributed by atoms with Gasteiger partial charge in [-0.05, 0) is 36.6 Å². The zero-order valence-corrected chi connectivity index (χ0v) is 16.1. The van der Waals surface area contributed by atoms with Gasteiger partial charge in [0.1, 0.15) is 0 Å². The third-order valence-electron chi connectivity index (χ3n) is 5.20. The number of nitrogens with zero attached hydrogens (tertiary/aromatic N) is 4. The van der Waals surface area contributed by atoms with Crippen LogP contribution in [0.25, 0.3) is 11.7 Å². The Bertz CT molecular complexity index is 1020. The summed E-state index contributed by atoms with van der Waals surface area (Å²) in [5.41, 5.74) is 1.75. The van der Waals surface area contributed by atoms with Gasteiger partial charge in [-0.15, -0.1) is 10.2 Å². The van der Waals surface area contributed by atoms with Crippen molar-refractivity contribution in [3.8, 4) is 0 Å². The standard InChI is InChI=1S/C22H23N5O2/c28-21(10-9-17-6-2-1-3-7-17)26-14-11-18(12-15-26)22(29)23-16-20-25-24-19-8-4-5-13-27(19)20/h1-10,13,18H,11-12,14-16H2,(H,23,29)/b10-9+. The normalized spacial score (nSPS) is 15.1. The highest BCUT2D eigenvalue weighted by Gasteiger charge is 2.26. The SMILES string of the molecule is O=C(NCc1nnc2ccccn12)C1CCN(C(=O)/C=C/c2ccccc2)CC1. The molecule has 29 heavy (non-hydrogen) atoms. The largest absolute Gasteiger partial charge is 0.349 e. The van der Waals surface area contributed by atoms with E-state index in [2.05, 4.69) is 15.5 Å². The Morgan fingerprint density at radius 1 is 1.03 bits per heavy atom. The van der Waals surface area contributed by atoms with E-state index in [0.717, 1.165) is 11.2 Å². The van der Waals surface area contributed by atoms with Gasteiger partial charge in [-0.1, -0.05) is 36.4 Å². The molecule has 148 valence electrons. The second kappa shape index (κ2) is 8.68. The third kappa shape index (κ3) is 4.51. The van der Waals surface area contributed by atoms with Crippen molar-refractivity contribution in [2.24, 2.45) is 5.92 Å². The molecular weight excluding hydrogens is 366 g/mol. The maximum atomic E-state index is 12.5. The van der Waals surface area contributed by atoms with Gasteiger partial charge >= 0.3 is 0 Å². The predicted molar refractivity (Wildman–Crippen MR) is 110 cm³/mol. The second-order valence-corrected chi connectivity index (χ2v) is 7.11. The first-order chi connectivity index (χ1) is 14.2. The molecule has 7 heteroatoms. The summed E-state index contributed by atoms with van der Waals surface area (Å²) in [6.45, 7) is 1.51. The van der Waals surface area contributed by atoms with Crippen LogP contribution >= 0.6 is 0 Å². The van der Waals surface area contributed by atoms with E-state index in [1.807, 2.05) is 65.2 Å². The molecule has 0 aliphatic carbocycles. The molecule has 1 aromatic carbocycles. The Balaban J connectivity index is 1.26. The van der Waals surface area contributed by atoms with Crippen LogP contribution in [0.2, 0.25) is 0 Å². The first-order valence-electron chi connectivity index (χ1n) is 9.79. The summed E-state index contributed by atoms with van der Waals surface area (Å²) in [5, 5.41) is 11.2. The number of carbonyl (C=O) groups excluding carboxylic acids is 2. The van der Waals surface area contributed by atoms with Gasteiger partial charge in [0.15, 0.2) is 11.5 Å². The van der Waals surface area contributed by atoms with Crippen LogP contribution in [0, 0.1) is 5.92 Å². The van der Waals surface area contributed by atoms with Crippen LogP contribution in [-0.2, 0) is 16.1 Å². The molecule has 1 aliphatic rings. The summed E-state index contributed by atoms with van der Waals surface area (Å²) in [6, 6.07) is 15.4. The molecule has 7 nitrogen and oxygen atoms in total. The van der Waals surface area contributed by atoms with Crippen molar-refractivity contribution in [2.45, 2.75) is 19.4 Å². The minimum atomic E-state index is -0.0867. The molecule has 2 amide bonds. The fourth-order valence-corrected chi connectivity index (χ4v) is 3.52. The number of piperidine rings is 1. The van der Waals surface area contributed by atoms with E-state index in [1.165, 1.54) is 0 Å². The Morgan fingerprint density at radius 2 is 1.79 bits per heavy atom. The maximum Gasteiger partial charge on any atom is 0.246 e. The number of amides is 2. The minimum Gasteiger partial charge on any atom is -0.349 e. The van der Waals surface area contributed by atoms with Gasteiger partial charge in [0.05, 0.1) is 6.54 Å².